The van der Waals surface area contributed by atoms with E-state index in [0.717, 1.165) is 4.90 Å². The first kappa shape index (κ1) is 55.8. The van der Waals surface area contributed by atoms with Crippen molar-refractivity contribution in [2.75, 3.05) is 27.2 Å². The molecule has 7 N–H and O–H groups in total. The Hall–Kier alpha value is -3.79. The number of amides is 3. The quantitative estimate of drug-likeness (QED) is 0.103. The largest absolute Gasteiger partial charge is 0.493 e. The van der Waals surface area contributed by atoms with E-state index < -0.39 is 137 Å². The monoisotopic (exact) mass is 957 g/mol. The lowest BCUT2D eigenvalue weighted by Gasteiger charge is -2.52. The fraction of sp³-hybridized carbons (Fsp3) is 0.851. The van der Waals surface area contributed by atoms with Crippen LogP contribution >= 0.6 is 0 Å². The molecule has 2 saturated carbocycles. The predicted molar refractivity (Wildman–Crippen MR) is 242 cm³/mol. The molecule has 4 rings (SSSR count). The molecule has 2 aliphatic heterocycles. The number of hydrogen-bond donors (Lipinski definition) is 7. The van der Waals surface area contributed by atoms with Gasteiger partial charge < -0.3 is 74.4 Å². The fourth-order valence-corrected chi connectivity index (χ4v) is 9.12. The number of nitrogens with zero attached hydrogens (tertiary/aromatic N) is 1. The van der Waals surface area contributed by atoms with Crippen LogP contribution in [0.2, 0.25) is 0 Å². The lowest BCUT2D eigenvalue weighted by atomic mass is 9.68. The molecular formula is C47H80N4O16. The van der Waals surface area contributed by atoms with Crippen LogP contribution in [0.15, 0.2) is 11.8 Å². The number of esters is 2. The maximum absolute atomic E-state index is 14.2. The SMILES string of the molecule is CNCC1=CC[C@@H](CCC(=O)OC(C)(C)C)C([C@H]2[C@H](O)[C@@H](O[C@H]3OC[C@](C)(O)[C@H](N(C)C(=O)OC(C)(C)C)[C@H]3O)[C@H](NC(=O)C3(O)CC(C(=O)OC(C)(C)C)C3)C[C@@H]2NC(=O)OC(C)(C)C)O1. The average molecular weight is 957 g/mol. The van der Waals surface area contributed by atoms with Gasteiger partial charge in [0, 0.05) is 31.3 Å². The average Bonchev–Trinajstić information content (AvgIpc) is 3.12. The Kier molecular flexibility index (Phi) is 17.5. The van der Waals surface area contributed by atoms with Crippen molar-refractivity contribution in [3.05, 3.63) is 11.8 Å². The van der Waals surface area contributed by atoms with E-state index in [0.29, 0.717) is 18.7 Å². The van der Waals surface area contributed by atoms with Crippen molar-refractivity contribution in [2.45, 2.75) is 211 Å². The Morgan fingerprint density at radius 3 is 1.96 bits per heavy atom. The van der Waals surface area contributed by atoms with E-state index >= 15 is 0 Å². The van der Waals surface area contributed by atoms with Crippen molar-refractivity contribution in [2.24, 2.45) is 17.8 Å². The Balaban J connectivity index is 1.79. The van der Waals surface area contributed by atoms with Crippen LogP contribution in [0.3, 0.4) is 0 Å². The molecule has 67 heavy (non-hydrogen) atoms. The number of allylic oxidation sites excluding steroid dienone is 1. The molecule has 0 spiro atoms. The summed E-state index contributed by atoms with van der Waals surface area (Å²) in [5.74, 6) is -3.67. The third kappa shape index (κ3) is 15.4. The first-order chi connectivity index (χ1) is 30.5. The number of rotatable bonds is 13. The zero-order valence-electron chi connectivity index (χ0n) is 42.2. The van der Waals surface area contributed by atoms with Crippen molar-refractivity contribution in [1.29, 1.82) is 0 Å². The molecule has 0 aromatic carbocycles. The molecule has 2 aliphatic carbocycles. The van der Waals surface area contributed by atoms with Crippen molar-refractivity contribution in [3.8, 4) is 0 Å². The zero-order chi connectivity index (χ0) is 50.8. The molecule has 11 atom stereocenters. The van der Waals surface area contributed by atoms with E-state index in [4.69, 9.17) is 33.2 Å². The van der Waals surface area contributed by atoms with Crippen LogP contribution in [0.1, 0.15) is 129 Å². The molecule has 0 bridgehead atoms. The summed E-state index contributed by atoms with van der Waals surface area (Å²) in [6.45, 7) is 21.7. The topological polar surface area (TPSA) is 270 Å². The molecule has 384 valence electrons. The molecule has 0 aromatic heterocycles. The fourth-order valence-electron chi connectivity index (χ4n) is 9.12. The van der Waals surface area contributed by atoms with Gasteiger partial charge in [-0.3, -0.25) is 14.4 Å². The number of carbonyl (C=O) groups is 5. The van der Waals surface area contributed by atoms with Gasteiger partial charge >= 0.3 is 24.1 Å². The van der Waals surface area contributed by atoms with Gasteiger partial charge in [0.2, 0.25) is 0 Å². The number of nitrogens with one attached hydrogen (secondary N) is 3. The maximum Gasteiger partial charge on any atom is 0.410 e. The minimum atomic E-state index is -2.03. The molecule has 1 saturated heterocycles. The van der Waals surface area contributed by atoms with E-state index in [2.05, 4.69) is 16.0 Å². The number of likely N-dealkylation sites (N-methyl/N-ethyl adjacent to an activating group) is 2. The van der Waals surface area contributed by atoms with E-state index in [1.165, 1.54) is 14.0 Å². The van der Waals surface area contributed by atoms with Gasteiger partial charge in [0.15, 0.2) is 6.29 Å². The second-order valence-electron chi connectivity index (χ2n) is 22.9. The number of carbonyl (C=O) groups excluding carboxylic acids is 5. The second kappa shape index (κ2) is 21.1. The molecule has 1 unspecified atom stereocenters. The summed E-state index contributed by atoms with van der Waals surface area (Å²) in [5.41, 5.74) is -7.28. The molecule has 20 heteroatoms. The van der Waals surface area contributed by atoms with Crippen LogP contribution in [-0.2, 0) is 47.5 Å². The molecular weight excluding hydrogens is 877 g/mol. The minimum absolute atomic E-state index is 0.0000452. The van der Waals surface area contributed by atoms with Gasteiger partial charge in [0.25, 0.3) is 5.91 Å². The molecule has 3 fully saturated rings. The van der Waals surface area contributed by atoms with Crippen molar-refractivity contribution in [3.63, 3.8) is 0 Å². The number of alkyl carbamates (subject to hydrolysis) is 1. The summed E-state index contributed by atoms with van der Waals surface area (Å²) in [4.78, 5) is 68.2. The van der Waals surface area contributed by atoms with Gasteiger partial charge in [0.1, 0.15) is 57.7 Å². The summed E-state index contributed by atoms with van der Waals surface area (Å²) < 4.78 is 41.5. The van der Waals surface area contributed by atoms with Gasteiger partial charge in [-0.2, -0.15) is 0 Å². The Morgan fingerprint density at radius 1 is 0.821 bits per heavy atom. The summed E-state index contributed by atoms with van der Waals surface area (Å²) in [7, 11) is 3.08. The highest BCUT2D eigenvalue weighted by molar-refractivity contribution is 5.89. The van der Waals surface area contributed by atoms with Crippen LogP contribution in [0.4, 0.5) is 9.59 Å². The van der Waals surface area contributed by atoms with Gasteiger partial charge in [-0.15, -0.1) is 0 Å². The number of ether oxygens (including phenoxy) is 7. The summed E-state index contributed by atoms with van der Waals surface area (Å²) in [6, 6.07) is -3.66. The normalized spacial score (nSPS) is 33.7. The van der Waals surface area contributed by atoms with E-state index in [-0.39, 0.29) is 32.1 Å². The van der Waals surface area contributed by atoms with Crippen LogP contribution in [0.25, 0.3) is 0 Å². The maximum atomic E-state index is 14.2. The van der Waals surface area contributed by atoms with Gasteiger partial charge in [-0.25, -0.2) is 9.59 Å². The van der Waals surface area contributed by atoms with Crippen LogP contribution in [-0.4, -0.2) is 165 Å². The predicted octanol–water partition coefficient (Wildman–Crippen LogP) is 2.95. The molecule has 20 nitrogen and oxygen atoms in total. The van der Waals surface area contributed by atoms with Gasteiger partial charge in [0.05, 0.1) is 37.3 Å². The first-order valence-electron chi connectivity index (χ1n) is 23.3. The standard InChI is InChI=1S/C47H80N4O16/c1-42(2,3)64-30(52)19-17-25-16-18-27(23-48-14)62-34(25)31-28(50-40(57)66-44(7,8)9)20-29(49-39(56)47(60)21-26(22-47)37(55)65-43(4,5)6)35(32(31)53)63-38-33(54)36(46(13,59)24-61-38)51(15)41(58)67-45(10,11)12/h18,25-26,28-29,31-36,38,48,53-54,59-60H,16-17,19-24H2,1-15H3,(H,49,56)(H,50,57)/t25-,26?,28-,29+,31+,32-,33+,34?,35-,36+,38+,46-,47?/m0/s1. The Labute approximate surface area is 395 Å². The molecule has 0 aromatic rings. The highest BCUT2D eigenvalue weighted by atomic mass is 16.7. The smallest absolute Gasteiger partial charge is 0.410 e. The third-order valence-corrected chi connectivity index (χ3v) is 11.9. The van der Waals surface area contributed by atoms with Gasteiger partial charge in [-0.1, -0.05) is 0 Å². The summed E-state index contributed by atoms with van der Waals surface area (Å²) >= 11 is 0. The zero-order valence-corrected chi connectivity index (χ0v) is 42.2. The van der Waals surface area contributed by atoms with Crippen molar-refractivity contribution < 1.29 is 77.6 Å². The highest BCUT2D eigenvalue weighted by Gasteiger charge is 2.58. The van der Waals surface area contributed by atoms with Crippen molar-refractivity contribution in [1.82, 2.24) is 20.9 Å². The van der Waals surface area contributed by atoms with Crippen LogP contribution < -0.4 is 16.0 Å². The minimum Gasteiger partial charge on any atom is -0.493 e. The Morgan fingerprint density at radius 2 is 1.40 bits per heavy atom. The van der Waals surface area contributed by atoms with E-state index in [1.54, 1.807) is 90.1 Å². The summed E-state index contributed by atoms with van der Waals surface area (Å²) in [6.07, 6.45) is -7.35. The first-order valence-corrected chi connectivity index (χ1v) is 23.3. The van der Waals surface area contributed by atoms with Gasteiger partial charge in [-0.05, 0) is 135 Å². The lowest BCUT2D eigenvalue weighted by molar-refractivity contribution is -0.306. The molecule has 0 radical (unpaired) electrons. The van der Waals surface area contributed by atoms with Crippen LogP contribution in [0, 0.1) is 17.8 Å². The van der Waals surface area contributed by atoms with Crippen molar-refractivity contribution >= 4 is 30.0 Å². The molecule has 4 aliphatic rings. The Bertz CT molecular complexity index is 1790. The number of hydrogen-bond acceptors (Lipinski definition) is 17. The highest BCUT2D eigenvalue weighted by Crippen LogP contribution is 2.43. The third-order valence-electron chi connectivity index (χ3n) is 11.9. The summed E-state index contributed by atoms with van der Waals surface area (Å²) in [5, 5.41) is 56.7. The van der Waals surface area contributed by atoms with E-state index in [1.807, 2.05) is 6.08 Å². The number of aliphatic hydroxyl groups is 4. The molecule has 3 amide bonds. The lowest BCUT2D eigenvalue weighted by Crippen LogP contribution is -2.71. The van der Waals surface area contributed by atoms with Crippen LogP contribution in [0.5, 0.6) is 0 Å². The second-order valence-corrected chi connectivity index (χ2v) is 22.9. The molecule has 2 heterocycles. The number of aliphatic hydroxyl groups excluding tert-OH is 2. The van der Waals surface area contributed by atoms with E-state index in [9.17, 15) is 44.4 Å².